The lowest BCUT2D eigenvalue weighted by Crippen LogP contribution is -2.30. The number of hydrogen-bond acceptors (Lipinski definition) is 3. The predicted octanol–water partition coefficient (Wildman–Crippen LogP) is 1.30. The molecule has 2 N–H and O–H groups in total. The van der Waals surface area contributed by atoms with Gasteiger partial charge >= 0.3 is 5.97 Å². The lowest BCUT2D eigenvalue weighted by atomic mass is 10.1. The molecule has 1 aromatic rings. The van der Waals surface area contributed by atoms with Gasteiger partial charge in [0, 0.05) is 5.02 Å². The smallest absolute Gasteiger partial charge is 0.311 e. The topological polar surface area (TPSA) is 69.4 Å². The van der Waals surface area contributed by atoms with Crippen LogP contribution in [0.15, 0.2) is 24.3 Å². The molecule has 16 heavy (non-hydrogen) atoms. The van der Waals surface area contributed by atoms with Crippen molar-refractivity contribution in [2.45, 2.75) is 19.4 Å². The van der Waals surface area contributed by atoms with Crippen LogP contribution in [-0.4, -0.2) is 18.0 Å². The highest BCUT2D eigenvalue weighted by molar-refractivity contribution is 6.30. The molecule has 5 heteroatoms. The fourth-order valence-electron chi connectivity index (χ4n) is 1.07. The number of rotatable bonds is 4. The molecule has 0 bridgehead atoms. The molecule has 0 saturated heterocycles. The second-order valence-electron chi connectivity index (χ2n) is 3.34. The van der Waals surface area contributed by atoms with Gasteiger partial charge in [-0.3, -0.25) is 9.59 Å². The minimum absolute atomic E-state index is 0.0921. The highest BCUT2D eigenvalue weighted by Crippen LogP contribution is 2.10. The summed E-state index contributed by atoms with van der Waals surface area (Å²) < 4.78 is 4.80. The number of ether oxygens (including phenoxy) is 1. The number of hydrogen-bond donors (Lipinski definition) is 1. The number of benzene rings is 1. The molecule has 0 heterocycles. The van der Waals surface area contributed by atoms with Gasteiger partial charge in [-0.2, -0.15) is 0 Å². The molecule has 0 aliphatic heterocycles. The summed E-state index contributed by atoms with van der Waals surface area (Å²) in [6, 6.07) is 6.81. The van der Waals surface area contributed by atoms with Crippen molar-refractivity contribution < 1.29 is 14.3 Å². The van der Waals surface area contributed by atoms with Gasteiger partial charge in [0.2, 0.25) is 0 Å². The SMILES string of the molecule is C[C@@H](OC(=O)Cc1ccc(Cl)cc1)C(N)=O. The Morgan fingerprint density at radius 3 is 2.44 bits per heavy atom. The summed E-state index contributed by atoms with van der Waals surface area (Å²) in [4.78, 5) is 22.0. The molecule has 0 saturated carbocycles. The number of amides is 1. The van der Waals surface area contributed by atoms with Crippen LogP contribution in [0.2, 0.25) is 5.02 Å². The third kappa shape index (κ3) is 3.90. The van der Waals surface area contributed by atoms with E-state index in [1.54, 1.807) is 24.3 Å². The minimum Gasteiger partial charge on any atom is -0.452 e. The maximum atomic E-state index is 11.3. The molecule has 0 aliphatic carbocycles. The van der Waals surface area contributed by atoms with Crippen molar-refractivity contribution in [1.82, 2.24) is 0 Å². The van der Waals surface area contributed by atoms with Crippen molar-refractivity contribution in [3.63, 3.8) is 0 Å². The van der Waals surface area contributed by atoms with Crippen molar-refractivity contribution in [1.29, 1.82) is 0 Å². The van der Waals surface area contributed by atoms with Crippen LogP contribution in [0.25, 0.3) is 0 Å². The second kappa shape index (κ2) is 5.51. The Morgan fingerprint density at radius 2 is 1.94 bits per heavy atom. The summed E-state index contributed by atoms with van der Waals surface area (Å²) in [5.41, 5.74) is 5.73. The Labute approximate surface area is 98.3 Å². The Balaban J connectivity index is 2.52. The van der Waals surface area contributed by atoms with E-state index in [-0.39, 0.29) is 6.42 Å². The summed E-state index contributed by atoms with van der Waals surface area (Å²) >= 11 is 5.70. The Kier molecular flexibility index (Phi) is 4.31. The van der Waals surface area contributed by atoms with E-state index in [9.17, 15) is 9.59 Å². The van der Waals surface area contributed by atoms with E-state index in [0.717, 1.165) is 5.56 Å². The summed E-state index contributed by atoms with van der Waals surface area (Å²) in [5.74, 6) is -1.15. The summed E-state index contributed by atoms with van der Waals surface area (Å²) in [5, 5.41) is 0.600. The van der Waals surface area contributed by atoms with E-state index in [2.05, 4.69) is 0 Å². The van der Waals surface area contributed by atoms with Crippen LogP contribution in [0, 0.1) is 0 Å². The zero-order valence-electron chi connectivity index (χ0n) is 8.77. The fraction of sp³-hybridized carbons (Fsp3) is 0.273. The first-order valence-electron chi connectivity index (χ1n) is 4.72. The van der Waals surface area contributed by atoms with E-state index in [4.69, 9.17) is 22.1 Å². The molecule has 4 nitrogen and oxygen atoms in total. The maximum absolute atomic E-state index is 11.3. The molecule has 86 valence electrons. The van der Waals surface area contributed by atoms with Gasteiger partial charge in [0.05, 0.1) is 6.42 Å². The van der Waals surface area contributed by atoms with E-state index >= 15 is 0 Å². The van der Waals surface area contributed by atoms with Crippen LogP contribution in [0.3, 0.4) is 0 Å². The zero-order chi connectivity index (χ0) is 12.1. The number of esters is 1. The molecule has 1 amide bonds. The summed E-state index contributed by atoms with van der Waals surface area (Å²) in [6.45, 7) is 1.43. The van der Waals surface area contributed by atoms with Gasteiger partial charge in [0.1, 0.15) is 0 Å². The number of carbonyl (C=O) groups is 2. The molecule has 0 radical (unpaired) electrons. The van der Waals surface area contributed by atoms with Crippen molar-refractivity contribution in [2.75, 3.05) is 0 Å². The third-order valence-corrected chi connectivity index (χ3v) is 2.22. The Morgan fingerprint density at radius 1 is 1.38 bits per heavy atom. The first-order valence-corrected chi connectivity index (χ1v) is 5.10. The highest BCUT2D eigenvalue weighted by atomic mass is 35.5. The Bertz CT molecular complexity index is 389. The van der Waals surface area contributed by atoms with Crippen molar-refractivity contribution in [3.05, 3.63) is 34.9 Å². The van der Waals surface area contributed by atoms with Crippen LogP contribution in [0.5, 0.6) is 0 Å². The van der Waals surface area contributed by atoms with E-state index in [1.165, 1.54) is 6.92 Å². The number of carbonyl (C=O) groups excluding carboxylic acids is 2. The second-order valence-corrected chi connectivity index (χ2v) is 3.77. The quantitative estimate of drug-likeness (QED) is 0.808. The van der Waals surface area contributed by atoms with Gasteiger partial charge in [-0.25, -0.2) is 0 Å². The van der Waals surface area contributed by atoms with Crippen LogP contribution in [-0.2, 0) is 20.7 Å². The molecule has 0 fully saturated rings. The van der Waals surface area contributed by atoms with Crippen LogP contribution < -0.4 is 5.73 Å². The van der Waals surface area contributed by atoms with Gasteiger partial charge < -0.3 is 10.5 Å². The largest absolute Gasteiger partial charge is 0.452 e. The molecular formula is C11H12ClNO3. The molecule has 1 rings (SSSR count). The maximum Gasteiger partial charge on any atom is 0.311 e. The van der Waals surface area contributed by atoms with Crippen LogP contribution >= 0.6 is 11.6 Å². The molecule has 0 spiro atoms. The van der Waals surface area contributed by atoms with Crippen molar-refractivity contribution >= 4 is 23.5 Å². The molecular weight excluding hydrogens is 230 g/mol. The third-order valence-electron chi connectivity index (χ3n) is 1.97. The summed E-state index contributed by atoms with van der Waals surface area (Å²) in [7, 11) is 0. The summed E-state index contributed by atoms with van der Waals surface area (Å²) in [6.07, 6.45) is -0.811. The van der Waals surface area contributed by atoms with Crippen molar-refractivity contribution in [2.24, 2.45) is 5.73 Å². The average Bonchev–Trinajstić information content (AvgIpc) is 2.21. The minimum atomic E-state index is -0.903. The number of halogens is 1. The molecule has 0 unspecified atom stereocenters. The average molecular weight is 242 g/mol. The Hall–Kier alpha value is -1.55. The van der Waals surface area contributed by atoms with Gasteiger partial charge in [0.25, 0.3) is 5.91 Å². The van der Waals surface area contributed by atoms with Gasteiger partial charge in [-0.05, 0) is 24.6 Å². The highest BCUT2D eigenvalue weighted by Gasteiger charge is 2.14. The van der Waals surface area contributed by atoms with Gasteiger partial charge in [0.15, 0.2) is 6.10 Å². The molecule has 0 aromatic heterocycles. The van der Waals surface area contributed by atoms with Gasteiger partial charge in [-0.1, -0.05) is 23.7 Å². The fourth-order valence-corrected chi connectivity index (χ4v) is 1.19. The van der Waals surface area contributed by atoms with E-state index in [1.807, 2.05) is 0 Å². The number of primary amides is 1. The lowest BCUT2D eigenvalue weighted by Gasteiger charge is -2.09. The van der Waals surface area contributed by atoms with Crippen LogP contribution in [0.1, 0.15) is 12.5 Å². The van der Waals surface area contributed by atoms with E-state index in [0.29, 0.717) is 5.02 Å². The van der Waals surface area contributed by atoms with Gasteiger partial charge in [-0.15, -0.1) is 0 Å². The first kappa shape index (κ1) is 12.5. The first-order chi connectivity index (χ1) is 7.49. The lowest BCUT2D eigenvalue weighted by molar-refractivity contribution is -0.153. The van der Waals surface area contributed by atoms with E-state index < -0.39 is 18.0 Å². The molecule has 1 atom stereocenters. The standard InChI is InChI=1S/C11H12ClNO3/c1-7(11(13)15)16-10(14)6-8-2-4-9(12)5-3-8/h2-5,7H,6H2,1H3,(H2,13,15)/t7-/m1/s1. The van der Waals surface area contributed by atoms with Crippen LogP contribution in [0.4, 0.5) is 0 Å². The van der Waals surface area contributed by atoms with Crippen molar-refractivity contribution in [3.8, 4) is 0 Å². The normalized spacial score (nSPS) is 11.9. The predicted molar refractivity (Wildman–Crippen MR) is 59.9 cm³/mol. The molecule has 1 aromatic carbocycles. The monoisotopic (exact) mass is 241 g/mol. The molecule has 0 aliphatic rings. The number of nitrogens with two attached hydrogens (primary N) is 1. The zero-order valence-corrected chi connectivity index (χ0v) is 9.53.